The van der Waals surface area contributed by atoms with Crippen molar-refractivity contribution in [1.29, 1.82) is 0 Å². The largest absolute Gasteiger partial charge is 0.353 e. The zero-order chi connectivity index (χ0) is 17.1. The quantitative estimate of drug-likeness (QED) is 0.638. The molecule has 0 bridgehead atoms. The highest BCUT2D eigenvalue weighted by molar-refractivity contribution is 5.94. The third-order valence-electron chi connectivity index (χ3n) is 4.13. The minimum absolute atomic E-state index is 0.00542. The first kappa shape index (κ1) is 15.9. The number of benzene rings is 1. The molecule has 7 heteroatoms. The molecule has 1 amide bonds. The number of hydrogen-bond acceptors (Lipinski definition) is 5. The predicted molar refractivity (Wildman–Crippen MR) is 90.2 cm³/mol. The van der Waals surface area contributed by atoms with Gasteiger partial charge in [-0.1, -0.05) is 18.2 Å². The molecule has 0 atom stereocenters. The summed E-state index contributed by atoms with van der Waals surface area (Å²) in [6.45, 7) is 4.34. The molecule has 1 aliphatic rings. The van der Waals surface area contributed by atoms with Crippen LogP contribution >= 0.6 is 0 Å². The van der Waals surface area contributed by atoms with Gasteiger partial charge in [0.25, 0.3) is 11.6 Å². The van der Waals surface area contributed by atoms with Crippen LogP contribution in [0, 0.1) is 17.0 Å². The Morgan fingerprint density at radius 2 is 1.83 bits per heavy atom. The first-order valence-corrected chi connectivity index (χ1v) is 7.76. The summed E-state index contributed by atoms with van der Waals surface area (Å²) in [6.07, 6.45) is 1.28. The number of amides is 1. The van der Waals surface area contributed by atoms with E-state index in [2.05, 4.69) is 9.88 Å². The lowest BCUT2D eigenvalue weighted by Gasteiger charge is -2.36. The minimum Gasteiger partial charge on any atom is -0.353 e. The molecule has 2 aromatic rings. The van der Waals surface area contributed by atoms with Gasteiger partial charge in [0.1, 0.15) is 12.0 Å². The first-order valence-electron chi connectivity index (χ1n) is 7.76. The van der Waals surface area contributed by atoms with E-state index in [0.717, 1.165) is 11.4 Å². The number of rotatable bonds is 3. The number of hydrogen-bond donors (Lipinski definition) is 0. The Kier molecular flexibility index (Phi) is 4.41. The molecule has 1 aromatic carbocycles. The Hall–Kier alpha value is -2.96. The molecular weight excluding hydrogens is 308 g/mol. The molecular formula is C17H18N4O3. The second-order valence-corrected chi connectivity index (χ2v) is 5.74. The van der Waals surface area contributed by atoms with Gasteiger partial charge in [0.2, 0.25) is 0 Å². The van der Waals surface area contributed by atoms with Crippen LogP contribution in [0.15, 0.2) is 42.6 Å². The summed E-state index contributed by atoms with van der Waals surface area (Å²) in [4.78, 5) is 30.9. The highest BCUT2D eigenvalue weighted by atomic mass is 16.6. The molecule has 7 nitrogen and oxygen atoms in total. The van der Waals surface area contributed by atoms with E-state index in [9.17, 15) is 14.9 Å². The molecule has 1 saturated heterocycles. The average molecular weight is 326 g/mol. The molecule has 1 fully saturated rings. The van der Waals surface area contributed by atoms with Gasteiger partial charge in [-0.3, -0.25) is 14.9 Å². The number of anilines is 1. The second kappa shape index (κ2) is 6.66. The summed E-state index contributed by atoms with van der Waals surface area (Å²) < 4.78 is 0. The molecule has 1 aliphatic heterocycles. The van der Waals surface area contributed by atoms with Gasteiger partial charge in [0.15, 0.2) is 0 Å². The van der Waals surface area contributed by atoms with Gasteiger partial charge >= 0.3 is 0 Å². The van der Waals surface area contributed by atoms with E-state index in [1.807, 2.05) is 42.2 Å². The molecule has 1 aromatic heterocycles. The summed E-state index contributed by atoms with van der Waals surface area (Å²) >= 11 is 0. The molecule has 0 aliphatic carbocycles. The molecule has 2 heterocycles. The van der Waals surface area contributed by atoms with Gasteiger partial charge < -0.3 is 9.80 Å². The summed E-state index contributed by atoms with van der Waals surface area (Å²) in [5, 5.41) is 10.8. The summed E-state index contributed by atoms with van der Waals surface area (Å²) in [5.74, 6) is 0.774. The molecule has 24 heavy (non-hydrogen) atoms. The van der Waals surface area contributed by atoms with Crippen molar-refractivity contribution in [2.45, 2.75) is 6.92 Å². The van der Waals surface area contributed by atoms with Gasteiger partial charge in [-0.25, -0.2) is 4.98 Å². The van der Waals surface area contributed by atoms with Crippen molar-refractivity contribution < 1.29 is 9.72 Å². The lowest BCUT2D eigenvalue weighted by Crippen LogP contribution is -2.49. The number of piperazine rings is 1. The highest BCUT2D eigenvalue weighted by Gasteiger charge is 2.24. The summed E-state index contributed by atoms with van der Waals surface area (Å²) in [7, 11) is 0. The SMILES string of the molecule is Cc1cc([N+](=O)[O-])cnc1N1CCN(C(=O)c2ccccc2)CC1. The Morgan fingerprint density at radius 1 is 1.17 bits per heavy atom. The third-order valence-corrected chi connectivity index (χ3v) is 4.13. The molecule has 3 rings (SSSR count). The third kappa shape index (κ3) is 3.19. The van der Waals surface area contributed by atoms with Crippen LogP contribution in [0.4, 0.5) is 11.5 Å². The molecule has 0 N–H and O–H groups in total. The fraction of sp³-hybridized carbons (Fsp3) is 0.294. The topological polar surface area (TPSA) is 79.6 Å². The van der Waals surface area contributed by atoms with Gasteiger partial charge in [0, 0.05) is 37.8 Å². The monoisotopic (exact) mass is 326 g/mol. The van der Waals surface area contributed by atoms with Gasteiger partial charge in [-0.05, 0) is 24.6 Å². The van der Waals surface area contributed by atoms with Gasteiger partial charge in [0.05, 0.1) is 4.92 Å². The normalized spacial score (nSPS) is 14.5. The maximum Gasteiger partial charge on any atom is 0.287 e. The van der Waals surface area contributed by atoms with Crippen molar-refractivity contribution in [3.8, 4) is 0 Å². The van der Waals surface area contributed by atoms with E-state index in [-0.39, 0.29) is 11.6 Å². The van der Waals surface area contributed by atoms with Crippen molar-refractivity contribution in [3.05, 3.63) is 63.8 Å². The van der Waals surface area contributed by atoms with Crippen molar-refractivity contribution in [2.75, 3.05) is 31.1 Å². The Morgan fingerprint density at radius 3 is 2.42 bits per heavy atom. The zero-order valence-electron chi connectivity index (χ0n) is 13.4. The fourth-order valence-electron chi connectivity index (χ4n) is 2.87. The Labute approximate surface area is 139 Å². The van der Waals surface area contributed by atoms with Crippen molar-refractivity contribution in [2.24, 2.45) is 0 Å². The van der Waals surface area contributed by atoms with Crippen molar-refractivity contribution in [3.63, 3.8) is 0 Å². The van der Waals surface area contributed by atoms with Gasteiger partial charge in [-0.15, -0.1) is 0 Å². The fourth-order valence-corrected chi connectivity index (χ4v) is 2.87. The van der Waals surface area contributed by atoms with Crippen LogP contribution in [0.5, 0.6) is 0 Å². The molecule has 0 unspecified atom stereocenters. The van der Waals surface area contributed by atoms with E-state index < -0.39 is 4.92 Å². The maximum absolute atomic E-state index is 12.4. The van der Waals surface area contributed by atoms with E-state index in [0.29, 0.717) is 31.7 Å². The number of aromatic nitrogens is 1. The maximum atomic E-state index is 12.4. The van der Waals surface area contributed by atoms with E-state index in [4.69, 9.17) is 0 Å². The van der Waals surface area contributed by atoms with Gasteiger partial charge in [-0.2, -0.15) is 0 Å². The standard InChI is InChI=1S/C17H18N4O3/c1-13-11-15(21(23)24)12-18-16(13)19-7-9-20(10-8-19)17(22)14-5-3-2-4-6-14/h2-6,11-12H,7-10H2,1H3. The Bertz CT molecular complexity index is 756. The summed E-state index contributed by atoms with van der Waals surface area (Å²) in [5.41, 5.74) is 1.46. The van der Waals surface area contributed by atoms with Crippen LogP contribution in [-0.2, 0) is 0 Å². The second-order valence-electron chi connectivity index (χ2n) is 5.74. The number of carbonyl (C=O) groups excluding carboxylic acids is 1. The number of carbonyl (C=O) groups is 1. The van der Waals surface area contributed by atoms with Crippen LogP contribution in [0.3, 0.4) is 0 Å². The van der Waals surface area contributed by atoms with Crippen molar-refractivity contribution >= 4 is 17.4 Å². The van der Waals surface area contributed by atoms with Crippen LogP contribution in [-0.4, -0.2) is 46.9 Å². The predicted octanol–water partition coefficient (Wildman–Crippen LogP) is 2.26. The van der Waals surface area contributed by atoms with Crippen LogP contribution < -0.4 is 4.90 Å². The lowest BCUT2D eigenvalue weighted by atomic mass is 10.1. The molecule has 0 spiro atoms. The molecule has 0 saturated carbocycles. The Balaban J connectivity index is 1.67. The number of nitrogens with zero attached hydrogens (tertiary/aromatic N) is 4. The summed E-state index contributed by atoms with van der Waals surface area (Å²) in [6, 6.07) is 10.8. The minimum atomic E-state index is -0.444. The number of aryl methyl sites for hydroxylation is 1. The first-order chi connectivity index (χ1) is 11.6. The average Bonchev–Trinajstić information content (AvgIpc) is 2.62. The van der Waals surface area contributed by atoms with E-state index >= 15 is 0 Å². The van der Waals surface area contributed by atoms with Crippen LogP contribution in [0.25, 0.3) is 0 Å². The highest BCUT2D eigenvalue weighted by Crippen LogP contribution is 2.23. The van der Waals surface area contributed by atoms with Crippen LogP contribution in [0.1, 0.15) is 15.9 Å². The molecule has 124 valence electrons. The van der Waals surface area contributed by atoms with E-state index in [1.165, 1.54) is 12.3 Å². The smallest absolute Gasteiger partial charge is 0.287 e. The zero-order valence-corrected chi connectivity index (χ0v) is 13.4. The molecule has 0 radical (unpaired) electrons. The van der Waals surface area contributed by atoms with Crippen molar-refractivity contribution in [1.82, 2.24) is 9.88 Å². The van der Waals surface area contributed by atoms with E-state index in [1.54, 1.807) is 0 Å². The van der Waals surface area contributed by atoms with Crippen LogP contribution in [0.2, 0.25) is 0 Å². The number of pyridine rings is 1. The number of nitro groups is 1. The lowest BCUT2D eigenvalue weighted by molar-refractivity contribution is -0.385.